The van der Waals surface area contributed by atoms with E-state index in [9.17, 15) is 9.59 Å². The molecule has 0 radical (unpaired) electrons. The number of hydrogen-bond donors (Lipinski definition) is 0. The molecule has 4 heteroatoms. The highest BCUT2D eigenvalue weighted by molar-refractivity contribution is 5.71. The molecule has 0 N–H and O–H groups in total. The van der Waals surface area contributed by atoms with E-state index >= 15 is 0 Å². The number of nitrogens with zero attached hydrogens (tertiary/aromatic N) is 2. The molecule has 1 aromatic carbocycles. The van der Waals surface area contributed by atoms with Crippen molar-refractivity contribution in [2.24, 2.45) is 0 Å². The van der Waals surface area contributed by atoms with E-state index in [4.69, 9.17) is 0 Å². The van der Waals surface area contributed by atoms with E-state index in [-0.39, 0.29) is 11.1 Å². The first-order valence-corrected chi connectivity index (χ1v) is 6.19. The fourth-order valence-corrected chi connectivity index (χ4v) is 1.90. The maximum atomic E-state index is 11.5. The number of rotatable bonds is 3. The largest absolute Gasteiger partial charge is 0.296 e. The van der Waals surface area contributed by atoms with Crippen LogP contribution in [0.5, 0.6) is 0 Å². The summed E-state index contributed by atoms with van der Waals surface area (Å²) in [5.74, 6) is 0.461. The van der Waals surface area contributed by atoms with Crippen LogP contribution in [0.2, 0.25) is 0 Å². The molecular weight excluding hydrogens is 240 g/mol. The molecule has 98 valence electrons. The Morgan fingerprint density at radius 1 is 1.21 bits per heavy atom. The van der Waals surface area contributed by atoms with Gasteiger partial charge in [0.2, 0.25) is 5.43 Å². The monoisotopic (exact) mass is 256 g/mol. The Hall–Kier alpha value is -2.23. The van der Waals surface area contributed by atoms with Crippen LogP contribution in [0.3, 0.4) is 0 Å². The average Bonchev–Trinajstić information content (AvgIpc) is 2.39. The fourth-order valence-electron chi connectivity index (χ4n) is 1.90. The van der Waals surface area contributed by atoms with Crippen LogP contribution in [0.15, 0.2) is 35.1 Å². The first kappa shape index (κ1) is 13.2. The van der Waals surface area contributed by atoms with Crippen molar-refractivity contribution in [2.45, 2.75) is 26.7 Å². The van der Waals surface area contributed by atoms with Crippen molar-refractivity contribution in [3.8, 4) is 5.69 Å². The standard InChI is InChI=1S/C15H16N2O2/c1-10(2)12-4-6-13(7-5-12)17-11(3)8-15(19)14(9-18)16-17/h4-10H,1-3H3. The van der Waals surface area contributed by atoms with Gasteiger partial charge < -0.3 is 0 Å². The van der Waals surface area contributed by atoms with E-state index in [0.717, 1.165) is 5.69 Å². The van der Waals surface area contributed by atoms with Gasteiger partial charge in [-0.1, -0.05) is 26.0 Å². The van der Waals surface area contributed by atoms with Gasteiger partial charge in [-0.3, -0.25) is 9.59 Å². The molecule has 0 aliphatic carbocycles. The normalized spacial score (nSPS) is 10.7. The molecule has 0 fully saturated rings. The molecule has 0 bridgehead atoms. The second kappa shape index (κ2) is 5.18. The average molecular weight is 256 g/mol. The quantitative estimate of drug-likeness (QED) is 0.793. The Morgan fingerprint density at radius 2 is 1.84 bits per heavy atom. The molecule has 19 heavy (non-hydrogen) atoms. The van der Waals surface area contributed by atoms with Gasteiger partial charge in [-0.05, 0) is 30.5 Å². The molecule has 0 atom stereocenters. The van der Waals surface area contributed by atoms with Crippen molar-refractivity contribution in [1.82, 2.24) is 9.78 Å². The number of aldehydes is 1. The molecule has 0 aliphatic heterocycles. The van der Waals surface area contributed by atoms with Crippen molar-refractivity contribution in [3.63, 3.8) is 0 Å². The van der Waals surface area contributed by atoms with E-state index in [1.807, 2.05) is 24.3 Å². The third-order valence-corrected chi connectivity index (χ3v) is 3.05. The van der Waals surface area contributed by atoms with Gasteiger partial charge in [-0.25, -0.2) is 4.68 Å². The highest BCUT2D eigenvalue weighted by atomic mass is 16.1. The van der Waals surface area contributed by atoms with Gasteiger partial charge >= 0.3 is 0 Å². The number of benzene rings is 1. The number of carbonyl (C=O) groups is 1. The molecule has 2 rings (SSSR count). The van der Waals surface area contributed by atoms with E-state index in [0.29, 0.717) is 17.9 Å². The van der Waals surface area contributed by atoms with Crippen molar-refractivity contribution in [1.29, 1.82) is 0 Å². The van der Waals surface area contributed by atoms with E-state index in [1.54, 1.807) is 11.6 Å². The van der Waals surface area contributed by atoms with Crippen LogP contribution in [-0.4, -0.2) is 16.1 Å². The van der Waals surface area contributed by atoms with Gasteiger partial charge in [0.05, 0.1) is 5.69 Å². The summed E-state index contributed by atoms with van der Waals surface area (Å²) in [6.07, 6.45) is 0.487. The Bertz CT molecular complexity index is 655. The molecule has 0 spiro atoms. The van der Waals surface area contributed by atoms with Crippen LogP contribution in [0.25, 0.3) is 5.69 Å². The first-order chi connectivity index (χ1) is 9.02. The molecule has 0 amide bonds. The van der Waals surface area contributed by atoms with Crippen LogP contribution in [0, 0.1) is 6.92 Å². The minimum Gasteiger partial charge on any atom is -0.296 e. The van der Waals surface area contributed by atoms with Crippen molar-refractivity contribution in [2.75, 3.05) is 0 Å². The molecule has 0 aliphatic rings. The highest BCUT2D eigenvalue weighted by Gasteiger charge is 2.07. The minimum absolute atomic E-state index is 0.0708. The predicted molar refractivity (Wildman–Crippen MR) is 74.0 cm³/mol. The summed E-state index contributed by atoms with van der Waals surface area (Å²) in [5.41, 5.74) is 2.36. The number of hydrogen-bond acceptors (Lipinski definition) is 3. The summed E-state index contributed by atoms with van der Waals surface area (Å²) >= 11 is 0. The molecule has 0 saturated heterocycles. The maximum absolute atomic E-state index is 11.5. The SMILES string of the molecule is Cc1cc(=O)c(C=O)nn1-c1ccc(C(C)C)cc1. The molecule has 1 aromatic heterocycles. The minimum atomic E-state index is -0.345. The van der Waals surface area contributed by atoms with Crippen molar-refractivity contribution >= 4 is 6.29 Å². The van der Waals surface area contributed by atoms with Gasteiger partial charge in [0.15, 0.2) is 12.0 Å². The highest BCUT2D eigenvalue weighted by Crippen LogP contribution is 2.16. The molecule has 1 heterocycles. The molecule has 0 saturated carbocycles. The van der Waals surface area contributed by atoms with E-state index in [2.05, 4.69) is 18.9 Å². The van der Waals surface area contributed by atoms with Crippen LogP contribution in [0.1, 0.15) is 41.5 Å². The maximum Gasteiger partial charge on any atom is 0.211 e. The lowest BCUT2D eigenvalue weighted by atomic mass is 10.0. The van der Waals surface area contributed by atoms with Crippen molar-refractivity contribution < 1.29 is 4.79 Å². The third kappa shape index (κ3) is 2.62. The lowest BCUT2D eigenvalue weighted by Crippen LogP contribution is -2.18. The van der Waals surface area contributed by atoms with Crippen LogP contribution in [-0.2, 0) is 0 Å². The van der Waals surface area contributed by atoms with Crippen LogP contribution >= 0.6 is 0 Å². The Kier molecular flexibility index (Phi) is 3.60. The summed E-state index contributed by atoms with van der Waals surface area (Å²) in [4.78, 5) is 22.3. The van der Waals surface area contributed by atoms with E-state index in [1.165, 1.54) is 11.6 Å². The lowest BCUT2D eigenvalue weighted by Gasteiger charge is -2.11. The summed E-state index contributed by atoms with van der Waals surface area (Å²) in [5, 5.41) is 4.07. The van der Waals surface area contributed by atoms with Gasteiger partial charge in [-0.2, -0.15) is 5.10 Å². The zero-order valence-corrected chi connectivity index (χ0v) is 11.3. The Balaban J connectivity index is 2.52. The van der Waals surface area contributed by atoms with Gasteiger partial charge in [0.25, 0.3) is 0 Å². The Morgan fingerprint density at radius 3 is 2.37 bits per heavy atom. The van der Waals surface area contributed by atoms with Crippen molar-refractivity contribution in [3.05, 3.63) is 57.5 Å². The predicted octanol–water partition coefficient (Wildman–Crippen LogP) is 2.48. The summed E-state index contributed by atoms with van der Waals surface area (Å²) in [6.45, 7) is 6.05. The fraction of sp³-hybridized carbons (Fsp3) is 0.267. The molecule has 2 aromatic rings. The topological polar surface area (TPSA) is 52.0 Å². The second-order valence-corrected chi connectivity index (χ2v) is 4.81. The summed E-state index contributed by atoms with van der Waals surface area (Å²) in [7, 11) is 0. The number of carbonyl (C=O) groups excluding carboxylic acids is 1. The number of aromatic nitrogens is 2. The second-order valence-electron chi connectivity index (χ2n) is 4.81. The van der Waals surface area contributed by atoms with Gasteiger partial charge in [0, 0.05) is 11.8 Å². The lowest BCUT2D eigenvalue weighted by molar-refractivity contribution is 0.111. The van der Waals surface area contributed by atoms with E-state index < -0.39 is 0 Å². The van der Waals surface area contributed by atoms with Crippen LogP contribution < -0.4 is 5.43 Å². The molecular formula is C15H16N2O2. The Labute approximate surface area is 111 Å². The third-order valence-electron chi connectivity index (χ3n) is 3.05. The van der Waals surface area contributed by atoms with Gasteiger partial charge in [0.1, 0.15) is 0 Å². The van der Waals surface area contributed by atoms with Crippen LogP contribution in [0.4, 0.5) is 0 Å². The molecule has 0 unspecified atom stereocenters. The zero-order chi connectivity index (χ0) is 14.0. The smallest absolute Gasteiger partial charge is 0.211 e. The molecule has 4 nitrogen and oxygen atoms in total. The number of aryl methyl sites for hydroxylation is 1. The zero-order valence-electron chi connectivity index (χ0n) is 11.3. The van der Waals surface area contributed by atoms with Gasteiger partial charge in [-0.15, -0.1) is 0 Å². The first-order valence-electron chi connectivity index (χ1n) is 6.19. The summed E-state index contributed by atoms with van der Waals surface area (Å²) < 4.78 is 1.61. The summed E-state index contributed by atoms with van der Waals surface area (Å²) in [6, 6.07) is 9.36.